The average molecular weight is 300 g/mol. The lowest BCUT2D eigenvalue weighted by Crippen LogP contribution is -2.34. The summed E-state index contributed by atoms with van der Waals surface area (Å²) in [5, 5.41) is 2.57. The SMILES string of the molecule is CC1(C)OC(=O)C(Cc2ccc(F)nc2)=C1NCC(F)F. The Balaban J connectivity index is 2.27. The molecule has 2 rings (SSSR count). The molecule has 114 valence electrons. The van der Waals surface area contributed by atoms with Crippen molar-refractivity contribution in [2.45, 2.75) is 32.3 Å². The summed E-state index contributed by atoms with van der Waals surface area (Å²) in [6, 6.07) is 2.66. The van der Waals surface area contributed by atoms with Crippen molar-refractivity contribution >= 4 is 5.97 Å². The summed E-state index contributed by atoms with van der Waals surface area (Å²) < 4.78 is 42.7. The number of pyridine rings is 1. The summed E-state index contributed by atoms with van der Waals surface area (Å²) in [4.78, 5) is 15.4. The van der Waals surface area contributed by atoms with Crippen LogP contribution in [0.5, 0.6) is 0 Å². The summed E-state index contributed by atoms with van der Waals surface area (Å²) in [7, 11) is 0. The van der Waals surface area contributed by atoms with Crippen LogP contribution in [-0.2, 0) is 16.0 Å². The molecular weight excluding hydrogens is 285 g/mol. The fourth-order valence-electron chi connectivity index (χ4n) is 2.18. The second-order valence-corrected chi connectivity index (χ2v) is 5.19. The van der Waals surface area contributed by atoms with Crippen LogP contribution in [0.4, 0.5) is 13.2 Å². The van der Waals surface area contributed by atoms with Gasteiger partial charge in [0, 0.05) is 12.6 Å². The second-order valence-electron chi connectivity index (χ2n) is 5.19. The van der Waals surface area contributed by atoms with Gasteiger partial charge in [0.05, 0.1) is 17.8 Å². The Labute approximate surface area is 120 Å². The molecule has 2 heterocycles. The molecule has 0 amide bonds. The molecule has 0 radical (unpaired) electrons. The van der Waals surface area contributed by atoms with Crippen LogP contribution in [0, 0.1) is 5.95 Å². The van der Waals surface area contributed by atoms with E-state index in [9.17, 15) is 18.0 Å². The minimum absolute atomic E-state index is 0.140. The third kappa shape index (κ3) is 3.53. The first-order valence-corrected chi connectivity index (χ1v) is 6.39. The topological polar surface area (TPSA) is 51.2 Å². The third-order valence-electron chi connectivity index (χ3n) is 3.10. The number of nitrogens with zero attached hydrogens (tertiary/aromatic N) is 1. The van der Waals surface area contributed by atoms with Crippen molar-refractivity contribution in [3.8, 4) is 0 Å². The first-order valence-electron chi connectivity index (χ1n) is 6.39. The van der Waals surface area contributed by atoms with Crippen LogP contribution < -0.4 is 5.32 Å². The van der Waals surface area contributed by atoms with E-state index in [1.165, 1.54) is 18.3 Å². The number of hydrogen-bond acceptors (Lipinski definition) is 4. The number of hydrogen-bond donors (Lipinski definition) is 1. The Morgan fingerprint density at radius 3 is 2.67 bits per heavy atom. The lowest BCUT2D eigenvalue weighted by atomic mass is 9.99. The molecular formula is C14H15F3N2O2. The lowest BCUT2D eigenvalue weighted by molar-refractivity contribution is -0.144. The Morgan fingerprint density at radius 2 is 2.10 bits per heavy atom. The fraction of sp³-hybridized carbons (Fsp3) is 0.429. The van der Waals surface area contributed by atoms with Gasteiger partial charge >= 0.3 is 5.97 Å². The van der Waals surface area contributed by atoms with Gasteiger partial charge in [0.15, 0.2) is 0 Å². The first-order chi connectivity index (χ1) is 9.79. The highest BCUT2D eigenvalue weighted by atomic mass is 19.3. The highest BCUT2D eigenvalue weighted by Crippen LogP contribution is 2.32. The molecule has 4 nitrogen and oxygen atoms in total. The molecule has 0 fully saturated rings. The van der Waals surface area contributed by atoms with E-state index in [0.717, 1.165) is 0 Å². The zero-order valence-electron chi connectivity index (χ0n) is 11.6. The van der Waals surface area contributed by atoms with Gasteiger partial charge in [-0.1, -0.05) is 6.07 Å². The predicted octanol–water partition coefficient (Wildman–Crippen LogP) is 2.21. The van der Waals surface area contributed by atoms with Crippen LogP contribution in [0.1, 0.15) is 19.4 Å². The van der Waals surface area contributed by atoms with Crippen molar-refractivity contribution in [1.29, 1.82) is 0 Å². The number of carbonyl (C=O) groups is 1. The molecule has 0 aliphatic carbocycles. The number of aromatic nitrogens is 1. The van der Waals surface area contributed by atoms with Gasteiger partial charge in [0.1, 0.15) is 5.60 Å². The van der Waals surface area contributed by atoms with E-state index in [-0.39, 0.29) is 12.0 Å². The summed E-state index contributed by atoms with van der Waals surface area (Å²) in [6.07, 6.45) is -1.11. The van der Waals surface area contributed by atoms with Gasteiger partial charge in [-0.15, -0.1) is 0 Å². The lowest BCUT2D eigenvalue weighted by Gasteiger charge is -2.22. The molecule has 1 aromatic heterocycles. The van der Waals surface area contributed by atoms with Crippen LogP contribution in [0.25, 0.3) is 0 Å². The Hall–Kier alpha value is -2.05. The van der Waals surface area contributed by atoms with Gasteiger partial charge in [0.2, 0.25) is 5.95 Å². The number of esters is 1. The van der Waals surface area contributed by atoms with Crippen LogP contribution in [0.2, 0.25) is 0 Å². The van der Waals surface area contributed by atoms with Crippen molar-refractivity contribution in [3.05, 3.63) is 41.1 Å². The maximum Gasteiger partial charge on any atom is 0.337 e. The summed E-state index contributed by atoms with van der Waals surface area (Å²) in [6.45, 7) is 2.67. The third-order valence-corrected chi connectivity index (χ3v) is 3.10. The van der Waals surface area contributed by atoms with Crippen molar-refractivity contribution in [3.63, 3.8) is 0 Å². The van der Waals surface area contributed by atoms with E-state index < -0.39 is 30.5 Å². The molecule has 21 heavy (non-hydrogen) atoms. The van der Waals surface area contributed by atoms with E-state index >= 15 is 0 Å². The van der Waals surface area contributed by atoms with E-state index in [1.807, 2.05) is 0 Å². The molecule has 1 N–H and O–H groups in total. The molecule has 1 aliphatic rings. The fourth-order valence-corrected chi connectivity index (χ4v) is 2.18. The highest BCUT2D eigenvalue weighted by Gasteiger charge is 2.40. The molecule has 0 spiro atoms. The second kappa shape index (κ2) is 5.75. The molecule has 0 aromatic carbocycles. The number of alkyl halides is 2. The van der Waals surface area contributed by atoms with Crippen molar-refractivity contribution in [1.82, 2.24) is 10.3 Å². The molecule has 0 saturated heterocycles. The molecule has 1 aliphatic heterocycles. The van der Waals surface area contributed by atoms with Crippen molar-refractivity contribution in [2.75, 3.05) is 6.54 Å². The van der Waals surface area contributed by atoms with E-state index in [4.69, 9.17) is 4.74 Å². The van der Waals surface area contributed by atoms with Crippen molar-refractivity contribution < 1.29 is 22.7 Å². The maximum absolute atomic E-state index is 12.8. The van der Waals surface area contributed by atoms with Crippen LogP contribution in [0.3, 0.4) is 0 Å². The normalized spacial score (nSPS) is 17.3. The largest absolute Gasteiger partial charge is 0.450 e. The number of nitrogens with one attached hydrogen (secondary N) is 1. The standard InChI is InChI=1S/C14H15F3N2O2/c1-14(2)12(19-7-10(15)16)9(13(20)21-14)5-8-3-4-11(17)18-6-8/h3-4,6,10,19H,5,7H2,1-2H3. The Morgan fingerprint density at radius 1 is 1.38 bits per heavy atom. The Kier molecular flexibility index (Phi) is 4.20. The number of cyclic esters (lactones) is 1. The minimum atomic E-state index is -2.54. The monoisotopic (exact) mass is 300 g/mol. The molecule has 1 aromatic rings. The minimum Gasteiger partial charge on any atom is -0.450 e. The van der Waals surface area contributed by atoms with E-state index in [2.05, 4.69) is 10.3 Å². The van der Waals surface area contributed by atoms with Gasteiger partial charge in [-0.2, -0.15) is 4.39 Å². The molecule has 0 atom stereocenters. The first kappa shape index (κ1) is 15.3. The van der Waals surface area contributed by atoms with Crippen LogP contribution >= 0.6 is 0 Å². The average Bonchev–Trinajstić information content (AvgIpc) is 2.59. The molecule has 0 unspecified atom stereocenters. The number of rotatable bonds is 5. The number of carbonyl (C=O) groups excluding carboxylic acids is 1. The van der Waals surface area contributed by atoms with Gasteiger partial charge < -0.3 is 10.1 Å². The zero-order valence-corrected chi connectivity index (χ0v) is 11.6. The quantitative estimate of drug-likeness (QED) is 0.669. The van der Waals surface area contributed by atoms with Gasteiger partial charge in [-0.25, -0.2) is 18.6 Å². The summed E-state index contributed by atoms with van der Waals surface area (Å²) in [5.74, 6) is -1.20. The smallest absolute Gasteiger partial charge is 0.337 e. The maximum atomic E-state index is 12.8. The predicted molar refractivity (Wildman–Crippen MR) is 69.1 cm³/mol. The molecule has 0 bridgehead atoms. The molecule has 0 saturated carbocycles. The summed E-state index contributed by atoms with van der Waals surface area (Å²) >= 11 is 0. The Bertz CT molecular complexity index is 568. The zero-order chi connectivity index (χ0) is 15.6. The van der Waals surface area contributed by atoms with E-state index in [0.29, 0.717) is 11.3 Å². The van der Waals surface area contributed by atoms with Gasteiger partial charge in [0.25, 0.3) is 6.43 Å². The highest BCUT2D eigenvalue weighted by molar-refractivity contribution is 5.93. The van der Waals surface area contributed by atoms with Crippen LogP contribution in [0.15, 0.2) is 29.6 Å². The van der Waals surface area contributed by atoms with Gasteiger partial charge in [-0.3, -0.25) is 0 Å². The number of ether oxygens (including phenoxy) is 1. The van der Waals surface area contributed by atoms with E-state index in [1.54, 1.807) is 13.8 Å². The van der Waals surface area contributed by atoms with Crippen molar-refractivity contribution in [2.24, 2.45) is 0 Å². The molecule has 7 heteroatoms. The van der Waals surface area contributed by atoms with Crippen LogP contribution in [-0.4, -0.2) is 29.5 Å². The van der Waals surface area contributed by atoms with Gasteiger partial charge in [-0.05, 0) is 25.5 Å². The number of halogens is 3. The summed E-state index contributed by atoms with van der Waals surface area (Å²) in [5.41, 5.74) is 0.193.